The highest BCUT2D eigenvalue weighted by molar-refractivity contribution is 6.01. The Balaban J connectivity index is 2.70. The van der Waals surface area contributed by atoms with Crippen LogP contribution in [0.15, 0.2) is 12.1 Å². The van der Waals surface area contributed by atoms with E-state index in [1.54, 1.807) is 13.0 Å². The number of amides is 2. The monoisotopic (exact) mass is 293 g/mol. The van der Waals surface area contributed by atoms with Gasteiger partial charge in [-0.2, -0.15) is 0 Å². The summed E-state index contributed by atoms with van der Waals surface area (Å²) >= 11 is 0. The molecule has 0 radical (unpaired) electrons. The van der Waals surface area contributed by atoms with Gasteiger partial charge in [0.05, 0.1) is 11.3 Å². The van der Waals surface area contributed by atoms with Gasteiger partial charge in [-0.25, -0.2) is 9.59 Å². The van der Waals surface area contributed by atoms with Gasteiger partial charge in [-0.1, -0.05) is 6.07 Å². The van der Waals surface area contributed by atoms with Crippen LogP contribution in [0.4, 0.5) is 10.5 Å². The Hall–Kier alpha value is -2.08. The predicted octanol–water partition coefficient (Wildman–Crippen LogP) is 2.07. The molecule has 0 saturated carbocycles. The molecule has 116 valence electrons. The zero-order valence-electron chi connectivity index (χ0n) is 13.0. The lowest BCUT2D eigenvalue weighted by atomic mass is 10.0. The maximum absolute atomic E-state index is 11.8. The minimum Gasteiger partial charge on any atom is -0.478 e. The van der Waals surface area contributed by atoms with E-state index < -0.39 is 5.97 Å². The number of carbonyl (C=O) groups is 2. The smallest absolute Gasteiger partial charge is 0.337 e. The molecule has 1 aromatic rings. The van der Waals surface area contributed by atoms with E-state index >= 15 is 0 Å². The zero-order chi connectivity index (χ0) is 16.0. The molecule has 0 spiro atoms. The molecule has 0 unspecified atom stereocenters. The summed E-state index contributed by atoms with van der Waals surface area (Å²) in [6, 6.07) is 3.01. The average Bonchev–Trinajstić information content (AvgIpc) is 2.37. The molecule has 0 fully saturated rings. The third-order valence-corrected chi connectivity index (χ3v) is 3.02. The van der Waals surface area contributed by atoms with Crippen LogP contribution in [-0.4, -0.2) is 49.2 Å². The summed E-state index contributed by atoms with van der Waals surface area (Å²) in [6.45, 7) is 5.02. The Morgan fingerprint density at radius 2 is 1.90 bits per heavy atom. The number of nitrogens with one attached hydrogen (secondary N) is 2. The van der Waals surface area contributed by atoms with Crippen LogP contribution in [0.1, 0.15) is 27.9 Å². The van der Waals surface area contributed by atoms with Gasteiger partial charge in [-0.3, -0.25) is 0 Å². The number of carbonyl (C=O) groups excluding carboxylic acids is 1. The van der Waals surface area contributed by atoms with Crippen molar-refractivity contribution < 1.29 is 14.7 Å². The molecule has 0 aliphatic rings. The fourth-order valence-corrected chi connectivity index (χ4v) is 2.06. The first-order valence-corrected chi connectivity index (χ1v) is 6.85. The van der Waals surface area contributed by atoms with Gasteiger partial charge in [0.25, 0.3) is 0 Å². The fourth-order valence-electron chi connectivity index (χ4n) is 2.06. The van der Waals surface area contributed by atoms with Crippen molar-refractivity contribution in [2.24, 2.45) is 0 Å². The Kier molecular flexibility index (Phi) is 6.17. The number of benzene rings is 1. The van der Waals surface area contributed by atoms with Gasteiger partial charge < -0.3 is 20.6 Å². The first-order chi connectivity index (χ1) is 9.81. The van der Waals surface area contributed by atoms with Crippen molar-refractivity contribution in [3.05, 3.63) is 28.8 Å². The van der Waals surface area contributed by atoms with Crippen molar-refractivity contribution in [1.82, 2.24) is 10.2 Å². The standard InChI is InChI=1S/C15H23N3O3/c1-10-8-11(2)13(12(9-10)14(19)20)17-15(21)16-6-5-7-18(3)4/h8-9H,5-7H2,1-4H3,(H,19,20)(H2,16,17,21). The van der Waals surface area contributed by atoms with Crippen LogP contribution in [0.5, 0.6) is 0 Å². The number of nitrogens with zero attached hydrogens (tertiary/aromatic N) is 1. The van der Waals surface area contributed by atoms with Gasteiger partial charge in [-0.05, 0) is 58.1 Å². The molecule has 6 heteroatoms. The second-order valence-corrected chi connectivity index (χ2v) is 5.35. The first-order valence-electron chi connectivity index (χ1n) is 6.85. The number of rotatable bonds is 6. The van der Waals surface area contributed by atoms with Crippen LogP contribution in [0, 0.1) is 13.8 Å². The maximum Gasteiger partial charge on any atom is 0.337 e. The van der Waals surface area contributed by atoms with E-state index in [9.17, 15) is 14.7 Å². The molecule has 1 rings (SSSR count). The van der Waals surface area contributed by atoms with Gasteiger partial charge in [-0.15, -0.1) is 0 Å². The number of urea groups is 1. The van der Waals surface area contributed by atoms with E-state index in [2.05, 4.69) is 10.6 Å². The topological polar surface area (TPSA) is 81.7 Å². The van der Waals surface area contributed by atoms with Crippen LogP contribution in [0.3, 0.4) is 0 Å². The van der Waals surface area contributed by atoms with Crippen molar-refractivity contribution in [3.8, 4) is 0 Å². The van der Waals surface area contributed by atoms with E-state index in [1.807, 2.05) is 32.0 Å². The molecule has 0 aliphatic heterocycles. The highest BCUT2D eigenvalue weighted by Gasteiger charge is 2.15. The molecule has 1 aromatic carbocycles. The summed E-state index contributed by atoms with van der Waals surface area (Å²) in [5, 5.41) is 14.6. The van der Waals surface area contributed by atoms with Crippen molar-refractivity contribution in [2.45, 2.75) is 20.3 Å². The Morgan fingerprint density at radius 3 is 2.48 bits per heavy atom. The van der Waals surface area contributed by atoms with Crippen LogP contribution < -0.4 is 10.6 Å². The number of anilines is 1. The quantitative estimate of drug-likeness (QED) is 0.701. The van der Waals surface area contributed by atoms with Crippen molar-refractivity contribution in [2.75, 3.05) is 32.5 Å². The minimum absolute atomic E-state index is 0.107. The number of aryl methyl sites for hydroxylation is 2. The van der Waals surface area contributed by atoms with Gasteiger partial charge >= 0.3 is 12.0 Å². The molecule has 0 heterocycles. The molecule has 2 amide bonds. The van der Waals surface area contributed by atoms with Crippen LogP contribution >= 0.6 is 0 Å². The van der Waals surface area contributed by atoms with Crippen molar-refractivity contribution in [1.29, 1.82) is 0 Å². The van der Waals surface area contributed by atoms with Crippen molar-refractivity contribution in [3.63, 3.8) is 0 Å². The van der Waals surface area contributed by atoms with E-state index in [-0.39, 0.29) is 11.6 Å². The number of hydrogen-bond donors (Lipinski definition) is 3. The Morgan fingerprint density at radius 1 is 1.24 bits per heavy atom. The summed E-state index contributed by atoms with van der Waals surface area (Å²) in [5.41, 5.74) is 2.03. The molecule has 6 nitrogen and oxygen atoms in total. The molecule has 0 aliphatic carbocycles. The largest absolute Gasteiger partial charge is 0.478 e. The molecule has 0 aromatic heterocycles. The Bertz CT molecular complexity index is 527. The molecule has 0 saturated heterocycles. The van der Waals surface area contributed by atoms with Gasteiger partial charge in [0, 0.05) is 6.54 Å². The van der Waals surface area contributed by atoms with Crippen LogP contribution in [-0.2, 0) is 0 Å². The second-order valence-electron chi connectivity index (χ2n) is 5.35. The number of carboxylic acid groups (broad SMARTS) is 1. The average molecular weight is 293 g/mol. The third kappa shape index (κ3) is 5.43. The van der Waals surface area contributed by atoms with Crippen LogP contribution in [0.25, 0.3) is 0 Å². The zero-order valence-corrected chi connectivity index (χ0v) is 13.0. The number of hydrogen-bond acceptors (Lipinski definition) is 3. The lowest BCUT2D eigenvalue weighted by molar-refractivity contribution is 0.0698. The predicted molar refractivity (Wildman–Crippen MR) is 83.1 cm³/mol. The van der Waals surface area contributed by atoms with Crippen molar-refractivity contribution >= 4 is 17.7 Å². The highest BCUT2D eigenvalue weighted by atomic mass is 16.4. The molecule has 0 atom stereocenters. The second kappa shape index (κ2) is 7.64. The lowest BCUT2D eigenvalue weighted by Crippen LogP contribution is -2.32. The number of aromatic carboxylic acids is 1. The molecular formula is C15H23N3O3. The normalized spacial score (nSPS) is 10.5. The van der Waals surface area contributed by atoms with Gasteiger partial charge in [0.15, 0.2) is 0 Å². The Labute approximate surface area is 125 Å². The van der Waals surface area contributed by atoms with Crippen LogP contribution in [0.2, 0.25) is 0 Å². The lowest BCUT2D eigenvalue weighted by Gasteiger charge is -2.14. The summed E-state index contributed by atoms with van der Waals surface area (Å²) in [7, 11) is 3.93. The fraction of sp³-hybridized carbons (Fsp3) is 0.467. The summed E-state index contributed by atoms with van der Waals surface area (Å²) < 4.78 is 0. The first kappa shape index (κ1) is 17.0. The summed E-state index contributed by atoms with van der Waals surface area (Å²) in [6.07, 6.45) is 0.832. The van der Waals surface area contributed by atoms with E-state index in [0.717, 1.165) is 24.1 Å². The highest BCUT2D eigenvalue weighted by Crippen LogP contribution is 2.22. The number of carboxylic acids is 1. The molecule has 3 N–H and O–H groups in total. The summed E-state index contributed by atoms with van der Waals surface area (Å²) in [4.78, 5) is 25.1. The van der Waals surface area contributed by atoms with Gasteiger partial charge in [0.2, 0.25) is 0 Å². The summed E-state index contributed by atoms with van der Waals surface area (Å²) in [5.74, 6) is -1.05. The molecular weight excluding hydrogens is 270 g/mol. The van der Waals surface area contributed by atoms with E-state index in [4.69, 9.17) is 0 Å². The SMILES string of the molecule is Cc1cc(C)c(NC(=O)NCCCN(C)C)c(C(=O)O)c1. The van der Waals surface area contributed by atoms with Gasteiger partial charge in [0.1, 0.15) is 0 Å². The maximum atomic E-state index is 11.8. The van der Waals surface area contributed by atoms with E-state index in [1.165, 1.54) is 0 Å². The molecule has 21 heavy (non-hydrogen) atoms. The van der Waals surface area contributed by atoms with E-state index in [0.29, 0.717) is 12.2 Å². The minimum atomic E-state index is -1.05. The molecule has 0 bridgehead atoms. The third-order valence-electron chi connectivity index (χ3n) is 3.02.